The molecule has 0 atom stereocenters. The zero-order valence-corrected chi connectivity index (χ0v) is 11.4. The number of aromatic nitrogens is 2. The van der Waals surface area contributed by atoms with Gasteiger partial charge in [-0.05, 0) is 37.0 Å². The molecule has 3 rings (SSSR count). The van der Waals surface area contributed by atoms with E-state index in [1.165, 1.54) is 17.8 Å². The maximum Gasteiger partial charge on any atom is 0.277 e. The number of halogens is 2. The summed E-state index contributed by atoms with van der Waals surface area (Å²) in [5.41, 5.74) is 2.21. The first-order valence-corrected chi connectivity index (χ1v) is 7.31. The summed E-state index contributed by atoms with van der Waals surface area (Å²) in [5, 5.41) is 0.528. The van der Waals surface area contributed by atoms with E-state index in [4.69, 9.17) is 0 Å². The number of aryl methyl sites for hydroxylation is 1. The van der Waals surface area contributed by atoms with Crippen LogP contribution in [0.2, 0.25) is 0 Å². The topological polar surface area (TPSA) is 45.8 Å². The van der Waals surface area contributed by atoms with Crippen LogP contribution in [0.1, 0.15) is 23.2 Å². The van der Waals surface area contributed by atoms with Crippen molar-refractivity contribution in [2.45, 2.75) is 30.2 Å². The summed E-state index contributed by atoms with van der Waals surface area (Å²) < 4.78 is 25.9. The molecular weight excluding hydrogens is 282 g/mol. The average Bonchev–Trinajstić information content (AvgIpc) is 2.89. The average molecular weight is 294 g/mol. The molecule has 1 aromatic carbocycles. The Balaban J connectivity index is 1.77. The lowest BCUT2D eigenvalue weighted by atomic mass is 10.2. The highest BCUT2D eigenvalue weighted by atomic mass is 32.2. The molecule has 6 heteroatoms. The number of benzene rings is 1. The van der Waals surface area contributed by atoms with Crippen molar-refractivity contribution >= 4 is 11.8 Å². The summed E-state index contributed by atoms with van der Waals surface area (Å²) in [6.07, 6.45) is 2.62. The Kier molecular flexibility index (Phi) is 3.56. The predicted molar refractivity (Wildman–Crippen MR) is 72.8 cm³/mol. The second-order valence-corrected chi connectivity index (χ2v) is 5.66. The molecule has 1 aromatic heterocycles. The van der Waals surface area contributed by atoms with Gasteiger partial charge in [-0.2, -0.15) is 4.98 Å². The van der Waals surface area contributed by atoms with E-state index in [-0.39, 0.29) is 5.56 Å². The highest BCUT2D eigenvalue weighted by Crippen LogP contribution is 2.23. The van der Waals surface area contributed by atoms with Crippen LogP contribution in [0, 0.1) is 11.6 Å². The van der Waals surface area contributed by atoms with Crippen molar-refractivity contribution in [2.24, 2.45) is 0 Å². The Morgan fingerprint density at radius 3 is 2.90 bits per heavy atom. The Hall–Kier alpha value is -1.69. The molecule has 0 saturated carbocycles. The number of hydrogen-bond donors (Lipinski definition) is 1. The van der Waals surface area contributed by atoms with E-state index >= 15 is 0 Å². The summed E-state index contributed by atoms with van der Waals surface area (Å²) in [6, 6.07) is 3.79. The number of rotatable bonds is 3. The van der Waals surface area contributed by atoms with Gasteiger partial charge in [0.05, 0.1) is 0 Å². The number of aromatic amines is 1. The first-order chi connectivity index (χ1) is 9.63. The second kappa shape index (κ2) is 5.36. The first kappa shape index (κ1) is 13.3. The Bertz CT molecular complexity index is 715. The van der Waals surface area contributed by atoms with Crippen LogP contribution < -0.4 is 5.56 Å². The third kappa shape index (κ3) is 2.60. The van der Waals surface area contributed by atoms with Gasteiger partial charge in [-0.25, -0.2) is 8.78 Å². The Morgan fingerprint density at radius 2 is 2.10 bits per heavy atom. The van der Waals surface area contributed by atoms with Crippen LogP contribution in [0.15, 0.2) is 28.2 Å². The van der Waals surface area contributed by atoms with E-state index in [1.807, 2.05) is 0 Å². The molecular formula is C14H12F2N2OS. The molecule has 0 unspecified atom stereocenters. The number of nitrogens with zero attached hydrogens (tertiary/aromatic N) is 1. The van der Waals surface area contributed by atoms with Gasteiger partial charge in [-0.3, -0.25) is 4.79 Å². The molecule has 2 aromatic rings. The van der Waals surface area contributed by atoms with E-state index in [1.54, 1.807) is 0 Å². The summed E-state index contributed by atoms with van der Waals surface area (Å²) >= 11 is 1.31. The van der Waals surface area contributed by atoms with Gasteiger partial charge in [-0.1, -0.05) is 17.8 Å². The molecule has 104 valence electrons. The maximum absolute atomic E-state index is 13.1. The van der Waals surface area contributed by atoms with Crippen molar-refractivity contribution in [3.05, 3.63) is 57.0 Å². The molecule has 0 bridgehead atoms. The van der Waals surface area contributed by atoms with Crippen LogP contribution in [0.5, 0.6) is 0 Å². The van der Waals surface area contributed by atoms with E-state index < -0.39 is 11.6 Å². The normalized spacial score (nSPS) is 13.5. The predicted octanol–water partition coefficient (Wildman–Crippen LogP) is 2.83. The molecule has 1 heterocycles. The van der Waals surface area contributed by atoms with Gasteiger partial charge in [0, 0.05) is 17.0 Å². The molecule has 0 spiro atoms. The highest BCUT2D eigenvalue weighted by molar-refractivity contribution is 7.98. The number of nitrogens with one attached hydrogen (secondary N) is 1. The Labute approximate surface area is 118 Å². The van der Waals surface area contributed by atoms with Crippen LogP contribution in [-0.4, -0.2) is 9.97 Å². The van der Waals surface area contributed by atoms with E-state index in [0.29, 0.717) is 16.5 Å². The van der Waals surface area contributed by atoms with Crippen LogP contribution in [-0.2, 0) is 18.6 Å². The van der Waals surface area contributed by atoms with Gasteiger partial charge in [0.15, 0.2) is 16.8 Å². The summed E-state index contributed by atoms with van der Waals surface area (Å²) in [7, 11) is 0. The van der Waals surface area contributed by atoms with Crippen LogP contribution in [0.4, 0.5) is 8.78 Å². The third-order valence-corrected chi connectivity index (χ3v) is 4.24. The minimum atomic E-state index is -0.862. The standard InChI is InChI=1S/C14H12F2N2OS/c15-10-5-4-8(6-11(10)16)7-20-14-17-12-3-1-2-9(12)13(19)18-14/h4-6H,1-3,7H2,(H,17,18,19). The van der Waals surface area contributed by atoms with Crippen molar-refractivity contribution in [2.75, 3.05) is 0 Å². The van der Waals surface area contributed by atoms with Crippen molar-refractivity contribution < 1.29 is 8.78 Å². The smallest absolute Gasteiger partial charge is 0.277 e. The molecule has 20 heavy (non-hydrogen) atoms. The SMILES string of the molecule is O=c1nc(SCc2ccc(F)c(F)c2)[nH]c2c1CCC2. The molecule has 0 saturated heterocycles. The first-order valence-electron chi connectivity index (χ1n) is 6.32. The second-order valence-electron chi connectivity index (χ2n) is 4.69. The molecule has 1 aliphatic carbocycles. The molecule has 0 amide bonds. The lowest BCUT2D eigenvalue weighted by molar-refractivity contribution is 0.507. The van der Waals surface area contributed by atoms with E-state index in [2.05, 4.69) is 9.97 Å². The summed E-state index contributed by atoms with van der Waals surface area (Å²) in [5.74, 6) is -1.29. The van der Waals surface area contributed by atoms with Gasteiger partial charge >= 0.3 is 0 Å². The Morgan fingerprint density at radius 1 is 1.25 bits per heavy atom. The molecule has 1 aliphatic rings. The van der Waals surface area contributed by atoms with Crippen LogP contribution in [0.3, 0.4) is 0 Å². The molecule has 0 fully saturated rings. The van der Waals surface area contributed by atoms with Gasteiger partial charge in [0.25, 0.3) is 5.56 Å². The van der Waals surface area contributed by atoms with Gasteiger partial charge in [0.2, 0.25) is 0 Å². The van der Waals surface area contributed by atoms with Gasteiger partial charge in [-0.15, -0.1) is 0 Å². The minimum absolute atomic E-state index is 0.177. The number of H-pyrrole nitrogens is 1. The minimum Gasteiger partial charge on any atom is -0.338 e. The largest absolute Gasteiger partial charge is 0.338 e. The molecule has 0 aliphatic heterocycles. The van der Waals surface area contributed by atoms with Crippen molar-refractivity contribution in [1.29, 1.82) is 0 Å². The quantitative estimate of drug-likeness (QED) is 0.699. The van der Waals surface area contributed by atoms with Crippen molar-refractivity contribution in [3.63, 3.8) is 0 Å². The van der Waals surface area contributed by atoms with Crippen molar-refractivity contribution in [3.8, 4) is 0 Å². The van der Waals surface area contributed by atoms with Crippen LogP contribution in [0.25, 0.3) is 0 Å². The monoisotopic (exact) mass is 294 g/mol. The highest BCUT2D eigenvalue weighted by Gasteiger charge is 2.16. The number of fused-ring (bicyclic) bond motifs is 1. The third-order valence-electron chi connectivity index (χ3n) is 3.30. The fourth-order valence-corrected chi connectivity index (χ4v) is 3.11. The van der Waals surface area contributed by atoms with Gasteiger partial charge in [0.1, 0.15) is 0 Å². The maximum atomic E-state index is 13.1. The van der Waals surface area contributed by atoms with Gasteiger partial charge < -0.3 is 4.98 Å². The summed E-state index contributed by atoms with van der Waals surface area (Å²) in [6.45, 7) is 0. The molecule has 3 nitrogen and oxygen atoms in total. The molecule has 1 N–H and O–H groups in total. The molecule has 0 radical (unpaired) electrons. The van der Waals surface area contributed by atoms with E-state index in [0.717, 1.165) is 42.7 Å². The number of thioether (sulfide) groups is 1. The zero-order valence-electron chi connectivity index (χ0n) is 10.6. The fraction of sp³-hybridized carbons (Fsp3) is 0.286. The summed E-state index contributed by atoms with van der Waals surface area (Å²) in [4.78, 5) is 18.9. The van der Waals surface area contributed by atoms with Crippen LogP contribution >= 0.6 is 11.8 Å². The zero-order chi connectivity index (χ0) is 14.1. The van der Waals surface area contributed by atoms with Crippen molar-refractivity contribution in [1.82, 2.24) is 9.97 Å². The lowest BCUT2D eigenvalue weighted by Gasteiger charge is -2.04. The van der Waals surface area contributed by atoms with E-state index in [9.17, 15) is 13.6 Å². The fourth-order valence-electron chi connectivity index (χ4n) is 2.28. The lowest BCUT2D eigenvalue weighted by Crippen LogP contribution is -2.14. The number of hydrogen-bond acceptors (Lipinski definition) is 3.